The van der Waals surface area contributed by atoms with Gasteiger partial charge in [0.05, 0.1) is 6.54 Å². The van der Waals surface area contributed by atoms with Crippen LogP contribution in [0.4, 0.5) is 0 Å². The molecular formula is C11H24ClN3O2. The van der Waals surface area contributed by atoms with Gasteiger partial charge in [-0.2, -0.15) is 0 Å². The number of nitrogens with one attached hydrogen (secondary N) is 3. The van der Waals surface area contributed by atoms with Gasteiger partial charge in [-0.25, -0.2) is 0 Å². The number of rotatable bonds is 6. The van der Waals surface area contributed by atoms with E-state index in [1.165, 1.54) is 0 Å². The van der Waals surface area contributed by atoms with Crippen molar-refractivity contribution in [3.8, 4) is 0 Å². The Kier molecular flexibility index (Phi) is 10.1. The van der Waals surface area contributed by atoms with Crippen LogP contribution in [0.1, 0.15) is 27.2 Å². The average Bonchev–Trinajstić information content (AvgIpc) is 2.12. The zero-order valence-electron chi connectivity index (χ0n) is 11.1. The Bertz CT molecular complexity index is 239. The molecule has 0 heterocycles. The molecule has 102 valence electrons. The molecule has 0 fully saturated rings. The smallest absolute Gasteiger partial charge is 0.239 e. The first-order chi connectivity index (χ1) is 7.35. The van der Waals surface area contributed by atoms with E-state index in [0.29, 0.717) is 13.0 Å². The molecule has 0 saturated carbocycles. The Labute approximate surface area is 110 Å². The third kappa shape index (κ3) is 13.1. The summed E-state index contributed by atoms with van der Waals surface area (Å²) in [6.45, 7) is 7.31. The van der Waals surface area contributed by atoms with Crippen LogP contribution in [0.5, 0.6) is 0 Å². The van der Waals surface area contributed by atoms with Crippen molar-refractivity contribution in [1.29, 1.82) is 0 Å². The summed E-state index contributed by atoms with van der Waals surface area (Å²) < 4.78 is 0. The van der Waals surface area contributed by atoms with Crippen molar-refractivity contribution in [3.63, 3.8) is 0 Å². The third-order valence-electron chi connectivity index (χ3n) is 1.83. The van der Waals surface area contributed by atoms with Gasteiger partial charge in [-0.15, -0.1) is 12.4 Å². The number of likely N-dealkylation sites (N-methyl/N-ethyl adjacent to an activating group) is 1. The zero-order valence-corrected chi connectivity index (χ0v) is 11.9. The molecule has 3 N–H and O–H groups in total. The lowest BCUT2D eigenvalue weighted by atomic mass is 9.92. The quantitative estimate of drug-likeness (QED) is 0.605. The van der Waals surface area contributed by atoms with Gasteiger partial charge in [0.15, 0.2) is 0 Å². The molecule has 0 unspecified atom stereocenters. The van der Waals surface area contributed by atoms with E-state index in [-0.39, 0.29) is 36.2 Å². The molecule has 2 amide bonds. The van der Waals surface area contributed by atoms with E-state index < -0.39 is 0 Å². The minimum atomic E-state index is -0.155. The molecule has 0 aromatic rings. The number of halogens is 1. The SMILES string of the molecule is CNCCNC(=O)CNC(=O)CC(C)(C)C.Cl. The van der Waals surface area contributed by atoms with E-state index in [0.717, 1.165) is 6.54 Å². The summed E-state index contributed by atoms with van der Waals surface area (Å²) in [6.07, 6.45) is 0.427. The van der Waals surface area contributed by atoms with Crippen molar-refractivity contribution in [3.05, 3.63) is 0 Å². The van der Waals surface area contributed by atoms with Crippen LogP contribution < -0.4 is 16.0 Å². The highest BCUT2D eigenvalue weighted by Crippen LogP contribution is 2.17. The summed E-state index contributed by atoms with van der Waals surface area (Å²) in [4.78, 5) is 22.6. The molecule has 6 heteroatoms. The highest BCUT2D eigenvalue weighted by Gasteiger charge is 2.16. The highest BCUT2D eigenvalue weighted by atomic mass is 35.5. The van der Waals surface area contributed by atoms with Crippen molar-refractivity contribution >= 4 is 24.2 Å². The molecule has 0 aliphatic rings. The maximum Gasteiger partial charge on any atom is 0.239 e. The summed E-state index contributed by atoms with van der Waals surface area (Å²) >= 11 is 0. The second kappa shape index (κ2) is 9.24. The predicted octanol–water partition coefficient (Wildman–Crippen LogP) is 0.296. The van der Waals surface area contributed by atoms with Crippen LogP contribution in [-0.2, 0) is 9.59 Å². The van der Waals surface area contributed by atoms with E-state index in [9.17, 15) is 9.59 Å². The number of carbonyl (C=O) groups is 2. The number of hydrogen-bond donors (Lipinski definition) is 3. The minimum absolute atomic E-state index is 0. The molecule has 0 spiro atoms. The van der Waals surface area contributed by atoms with Crippen molar-refractivity contribution in [2.75, 3.05) is 26.7 Å². The summed E-state index contributed by atoms with van der Waals surface area (Å²) in [6, 6.07) is 0. The fraction of sp³-hybridized carbons (Fsp3) is 0.818. The lowest BCUT2D eigenvalue weighted by molar-refractivity contribution is -0.127. The van der Waals surface area contributed by atoms with Gasteiger partial charge < -0.3 is 16.0 Å². The molecule has 0 radical (unpaired) electrons. The molecule has 0 rings (SSSR count). The van der Waals surface area contributed by atoms with Crippen molar-refractivity contribution in [1.82, 2.24) is 16.0 Å². The predicted molar refractivity (Wildman–Crippen MR) is 71.3 cm³/mol. The van der Waals surface area contributed by atoms with E-state index in [4.69, 9.17) is 0 Å². The molecule has 17 heavy (non-hydrogen) atoms. The standard InChI is InChI=1S/C11H23N3O2.ClH/c1-11(2,3)7-9(15)14-8-10(16)13-6-5-12-4;/h12H,5-8H2,1-4H3,(H,13,16)(H,14,15);1H. The molecule has 0 aromatic carbocycles. The summed E-state index contributed by atoms with van der Waals surface area (Å²) in [5, 5.41) is 8.20. The van der Waals surface area contributed by atoms with Crippen molar-refractivity contribution < 1.29 is 9.59 Å². The van der Waals surface area contributed by atoms with Gasteiger partial charge in [-0.05, 0) is 12.5 Å². The lowest BCUT2D eigenvalue weighted by Gasteiger charge is -2.17. The van der Waals surface area contributed by atoms with E-state index in [1.807, 2.05) is 27.8 Å². The van der Waals surface area contributed by atoms with Gasteiger partial charge in [0.1, 0.15) is 0 Å². The summed E-state index contributed by atoms with van der Waals surface area (Å²) in [5.74, 6) is -0.242. The molecule has 0 aliphatic heterocycles. The molecule has 0 bridgehead atoms. The van der Waals surface area contributed by atoms with Crippen molar-refractivity contribution in [2.24, 2.45) is 5.41 Å². The molecule has 5 nitrogen and oxygen atoms in total. The Morgan fingerprint density at radius 1 is 1.00 bits per heavy atom. The Morgan fingerprint density at radius 2 is 1.59 bits per heavy atom. The van der Waals surface area contributed by atoms with Crippen LogP contribution in [0.2, 0.25) is 0 Å². The third-order valence-corrected chi connectivity index (χ3v) is 1.83. The van der Waals surface area contributed by atoms with Gasteiger partial charge in [0, 0.05) is 19.5 Å². The van der Waals surface area contributed by atoms with Gasteiger partial charge >= 0.3 is 0 Å². The molecule has 0 aliphatic carbocycles. The first kappa shape index (κ1) is 18.6. The number of amides is 2. The molecule has 0 aromatic heterocycles. The monoisotopic (exact) mass is 265 g/mol. The molecule has 0 saturated heterocycles. The van der Waals surface area contributed by atoms with E-state index in [1.54, 1.807) is 0 Å². The fourth-order valence-corrected chi connectivity index (χ4v) is 1.11. The maximum absolute atomic E-state index is 11.4. The summed E-state index contributed by atoms with van der Waals surface area (Å²) in [7, 11) is 1.82. The van der Waals surface area contributed by atoms with Gasteiger partial charge in [-0.1, -0.05) is 20.8 Å². The maximum atomic E-state index is 11.4. The first-order valence-electron chi connectivity index (χ1n) is 5.53. The minimum Gasteiger partial charge on any atom is -0.353 e. The normalized spacial score (nSPS) is 10.4. The average molecular weight is 266 g/mol. The second-order valence-corrected chi connectivity index (χ2v) is 4.97. The van der Waals surface area contributed by atoms with Gasteiger partial charge in [0.25, 0.3) is 0 Å². The van der Waals surface area contributed by atoms with Crippen molar-refractivity contribution in [2.45, 2.75) is 27.2 Å². The summed E-state index contributed by atoms with van der Waals surface area (Å²) in [5.41, 5.74) is -0.0489. The number of carbonyl (C=O) groups excluding carboxylic acids is 2. The van der Waals surface area contributed by atoms with Gasteiger partial charge in [-0.3, -0.25) is 9.59 Å². The Morgan fingerprint density at radius 3 is 2.06 bits per heavy atom. The molecule has 0 atom stereocenters. The fourth-order valence-electron chi connectivity index (χ4n) is 1.11. The van der Waals surface area contributed by atoms with Crippen LogP contribution in [0, 0.1) is 5.41 Å². The van der Waals surface area contributed by atoms with E-state index in [2.05, 4.69) is 16.0 Å². The molecular weight excluding hydrogens is 242 g/mol. The Balaban J connectivity index is 0. The lowest BCUT2D eigenvalue weighted by Crippen LogP contribution is -2.40. The first-order valence-corrected chi connectivity index (χ1v) is 5.53. The topological polar surface area (TPSA) is 70.2 Å². The van der Waals surface area contributed by atoms with Gasteiger partial charge in [0.2, 0.25) is 11.8 Å². The van der Waals surface area contributed by atoms with Crippen LogP contribution in [-0.4, -0.2) is 38.5 Å². The van der Waals surface area contributed by atoms with Crippen LogP contribution in [0.25, 0.3) is 0 Å². The highest BCUT2D eigenvalue weighted by molar-refractivity contribution is 5.85. The Hall–Kier alpha value is -0.810. The number of hydrogen-bond acceptors (Lipinski definition) is 3. The van der Waals surface area contributed by atoms with Crippen LogP contribution in [0.15, 0.2) is 0 Å². The van der Waals surface area contributed by atoms with Crippen LogP contribution >= 0.6 is 12.4 Å². The zero-order chi connectivity index (χ0) is 12.6. The largest absolute Gasteiger partial charge is 0.353 e. The van der Waals surface area contributed by atoms with E-state index >= 15 is 0 Å². The van der Waals surface area contributed by atoms with Crippen LogP contribution in [0.3, 0.4) is 0 Å². The second-order valence-electron chi connectivity index (χ2n) is 4.97.